The fraction of sp³-hybridized carbons (Fsp3) is 0.400. The van der Waals surface area contributed by atoms with Crippen LogP contribution < -0.4 is 10.5 Å². The number of benzene rings is 1. The molecule has 3 nitrogen and oxygen atoms in total. The summed E-state index contributed by atoms with van der Waals surface area (Å²) >= 11 is 1.54. The van der Waals surface area contributed by atoms with E-state index in [1.165, 1.54) is 12.1 Å². The van der Waals surface area contributed by atoms with Gasteiger partial charge in [-0.15, -0.1) is 11.3 Å². The topological polar surface area (TPSA) is 48.1 Å². The average Bonchev–Trinajstić information content (AvgIpc) is 2.81. The van der Waals surface area contributed by atoms with Crippen molar-refractivity contribution in [2.45, 2.75) is 39.3 Å². The molecule has 1 atom stereocenters. The van der Waals surface area contributed by atoms with E-state index in [9.17, 15) is 4.39 Å². The van der Waals surface area contributed by atoms with Gasteiger partial charge in [0, 0.05) is 23.2 Å². The largest absolute Gasteiger partial charge is 0.486 e. The smallest absolute Gasteiger partial charge is 0.140 e. The lowest BCUT2D eigenvalue weighted by Crippen LogP contribution is -2.21. The minimum atomic E-state index is -0.295. The monoisotopic (exact) mass is 294 g/mol. The van der Waals surface area contributed by atoms with Crippen molar-refractivity contribution in [3.63, 3.8) is 0 Å². The van der Waals surface area contributed by atoms with Crippen LogP contribution in [0.4, 0.5) is 4.39 Å². The molecule has 0 fully saturated rings. The molecule has 0 spiro atoms. The zero-order valence-electron chi connectivity index (χ0n) is 11.7. The molecule has 0 aliphatic carbocycles. The van der Waals surface area contributed by atoms with E-state index in [0.717, 1.165) is 22.7 Å². The summed E-state index contributed by atoms with van der Waals surface area (Å²) in [5.74, 6) is 0.229. The van der Waals surface area contributed by atoms with E-state index in [4.69, 9.17) is 10.5 Å². The van der Waals surface area contributed by atoms with Crippen molar-refractivity contribution in [2.75, 3.05) is 0 Å². The third-order valence-electron chi connectivity index (χ3n) is 2.98. The van der Waals surface area contributed by atoms with Crippen molar-refractivity contribution in [2.24, 2.45) is 5.73 Å². The van der Waals surface area contributed by atoms with Gasteiger partial charge >= 0.3 is 0 Å². The van der Waals surface area contributed by atoms with Crippen molar-refractivity contribution >= 4 is 11.3 Å². The van der Waals surface area contributed by atoms with Crippen molar-refractivity contribution in [1.29, 1.82) is 0 Å². The Balaban J connectivity index is 2.03. The molecule has 5 heteroatoms. The predicted octanol–water partition coefficient (Wildman–Crippen LogP) is 3.45. The molecular formula is C15H19FN2OS. The van der Waals surface area contributed by atoms with E-state index in [0.29, 0.717) is 18.8 Å². The number of thiazole rings is 1. The second-order valence-corrected chi connectivity index (χ2v) is 5.78. The molecule has 0 saturated carbocycles. The number of hydrogen-bond donors (Lipinski definition) is 1. The minimum Gasteiger partial charge on any atom is -0.486 e. The molecule has 1 heterocycles. The van der Waals surface area contributed by atoms with Gasteiger partial charge in [0.25, 0.3) is 0 Å². The Morgan fingerprint density at radius 2 is 2.20 bits per heavy atom. The molecule has 0 amide bonds. The maximum atomic E-state index is 13.6. The van der Waals surface area contributed by atoms with E-state index in [2.05, 4.69) is 4.98 Å². The van der Waals surface area contributed by atoms with Gasteiger partial charge in [0.1, 0.15) is 23.2 Å². The Morgan fingerprint density at radius 3 is 2.85 bits per heavy atom. The molecule has 2 N–H and O–H groups in total. The maximum Gasteiger partial charge on any atom is 0.140 e. The number of halogens is 1. The summed E-state index contributed by atoms with van der Waals surface area (Å²) in [6, 6.07) is 4.79. The fourth-order valence-electron chi connectivity index (χ4n) is 1.88. The SMILES string of the molecule is CCC(N)Cc1cc(F)cc(OCc2nc(C)cs2)c1. The van der Waals surface area contributed by atoms with Gasteiger partial charge in [0.15, 0.2) is 0 Å². The van der Waals surface area contributed by atoms with Crippen LogP contribution in [0.5, 0.6) is 5.75 Å². The molecule has 0 saturated heterocycles. The van der Waals surface area contributed by atoms with Gasteiger partial charge in [-0.1, -0.05) is 6.92 Å². The van der Waals surface area contributed by atoms with Crippen LogP contribution in [0.25, 0.3) is 0 Å². The van der Waals surface area contributed by atoms with E-state index in [-0.39, 0.29) is 11.9 Å². The highest BCUT2D eigenvalue weighted by molar-refractivity contribution is 7.09. The molecule has 0 bridgehead atoms. The Hall–Kier alpha value is -1.46. The number of hydrogen-bond acceptors (Lipinski definition) is 4. The molecule has 2 rings (SSSR count). The van der Waals surface area contributed by atoms with E-state index >= 15 is 0 Å². The molecule has 1 unspecified atom stereocenters. The molecule has 0 aliphatic heterocycles. The van der Waals surface area contributed by atoms with Crippen LogP contribution >= 0.6 is 11.3 Å². The van der Waals surface area contributed by atoms with Gasteiger partial charge in [0.05, 0.1) is 0 Å². The fourth-order valence-corrected chi connectivity index (χ4v) is 2.57. The van der Waals surface area contributed by atoms with Crippen molar-refractivity contribution < 1.29 is 9.13 Å². The van der Waals surface area contributed by atoms with Crippen molar-refractivity contribution in [3.8, 4) is 5.75 Å². The van der Waals surface area contributed by atoms with Gasteiger partial charge in [-0.25, -0.2) is 9.37 Å². The van der Waals surface area contributed by atoms with Crippen LogP contribution in [0.3, 0.4) is 0 Å². The van der Waals surface area contributed by atoms with Crippen molar-refractivity contribution in [1.82, 2.24) is 4.98 Å². The Morgan fingerprint density at radius 1 is 1.40 bits per heavy atom. The highest BCUT2D eigenvalue weighted by Gasteiger charge is 2.07. The first-order valence-electron chi connectivity index (χ1n) is 6.65. The number of aromatic nitrogens is 1. The first kappa shape index (κ1) is 14.9. The van der Waals surface area contributed by atoms with Gasteiger partial charge in [0.2, 0.25) is 0 Å². The summed E-state index contributed by atoms with van der Waals surface area (Å²) in [7, 11) is 0. The van der Waals surface area contributed by atoms with Gasteiger partial charge < -0.3 is 10.5 Å². The summed E-state index contributed by atoms with van der Waals surface area (Å²) in [6.07, 6.45) is 1.52. The number of ether oxygens (including phenoxy) is 1. The molecule has 2 aromatic rings. The molecule has 20 heavy (non-hydrogen) atoms. The second kappa shape index (κ2) is 6.81. The normalized spacial score (nSPS) is 12.4. The molecule has 0 radical (unpaired) electrons. The molecular weight excluding hydrogens is 275 g/mol. The number of rotatable bonds is 6. The van der Waals surface area contributed by atoms with Crippen LogP contribution in [0.15, 0.2) is 23.6 Å². The highest BCUT2D eigenvalue weighted by Crippen LogP contribution is 2.20. The summed E-state index contributed by atoms with van der Waals surface area (Å²) < 4.78 is 19.2. The van der Waals surface area contributed by atoms with Crippen LogP contribution in [0.1, 0.15) is 29.6 Å². The molecule has 1 aromatic heterocycles. The zero-order chi connectivity index (χ0) is 14.5. The van der Waals surface area contributed by atoms with Crippen LogP contribution in [-0.4, -0.2) is 11.0 Å². The Labute approximate surface area is 122 Å². The second-order valence-electron chi connectivity index (χ2n) is 4.84. The number of nitrogens with zero attached hydrogens (tertiary/aromatic N) is 1. The number of aryl methyl sites for hydroxylation is 1. The molecule has 108 valence electrons. The summed E-state index contributed by atoms with van der Waals surface area (Å²) in [6.45, 7) is 4.32. The highest BCUT2D eigenvalue weighted by atomic mass is 32.1. The number of nitrogens with two attached hydrogens (primary N) is 1. The lowest BCUT2D eigenvalue weighted by atomic mass is 10.0. The first-order valence-corrected chi connectivity index (χ1v) is 7.53. The van der Waals surface area contributed by atoms with Crippen LogP contribution in [-0.2, 0) is 13.0 Å². The predicted molar refractivity (Wildman–Crippen MR) is 79.6 cm³/mol. The van der Waals surface area contributed by atoms with E-state index in [1.807, 2.05) is 25.3 Å². The Bertz CT molecular complexity index is 571. The van der Waals surface area contributed by atoms with Crippen molar-refractivity contribution in [3.05, 3.63) is 45.7 Å². The van der Waals surface area contributed by atoms with Gasteiger partial charge in [-0.3, -0.25) is 0 Å². The van der Waals surface area contributed by atoms with E-state index in [1.54, 1.807) is 11.3 Å². The van der Waals surface area contributed by atoms with E-state index < -0.39 is 0 Å². The zero-order valence-corrected chi connectivity index (χ0v) is 12.5. The first-order chi connectivity index (χ1) is 9.56. The third kappa shape index (κ3) is 4.28. The maximum absolute atomic E-state index is 13.6. The lowest BCUT2D eigenvalue weighted by Gasteiger charge is -2.11. The molecule has 1 aromatic carbocycles. The lowest BCUT2D eigenvalue weighted by molar-refractivity contribution is 0.303. The van der Waals surface area contributed by atoms with Gasteiger partial charge in [-0.05, 0) is 37.5 Å². The molecule has 0 aliphatic rings. The van der Waals surface area contributed by atoms with Gasteiger partial charge in [-0.2, -0.15) is 0 Å². The summed E-state index contributed by atoms with van der Waals surface area (Å²) in [5.41, 5.74) is 7.74. The average molecular weight is 294 g/mol. The summed E-state index contributed by atoms with van der Waals surface area (Å²) in [5, 5.41) is 2.86. The third-order valence-corrected chi connectivity index (χ3v) is 3.92. The Kier molecular flexibility index (Phi) is 5.09. The van der Waals surface area contributed by atoms with Crippen LogP contribution in [0, 0.1) is 12.7 Å². The minimum absolute atomic E-state index is 0.0475. The van der Waals surface area contributed by atoms with Crippen LogP contribution in [0.2, 0.25) is 0 Å². The quantitative estimate of drug-likeness (QED) is 0.887. The summed E-state index contributed by atoms with van der Waals surface area (Å²) in [4.78, 5) is 4.31. The standard InChI is InChI=1S/C15H19FN2OS/c1-3-13(17)5-11-4-12(16)7-14(6-11)19-8-15-18-10(2)9-20-15/h4,6-7,9,13H,3,5,8,17H2,1-2H3.